The number of aliphatic imine (C=N–C) groups is 1. The van der Waals surface area contributed by atoms with Gasteiger partial charge in [-0.2, -0.15) is 13.8 Å². The molecule has 1 aliphatic carbocycles. The lowest BCUT2D eigenvalue weighted by molar-refractivity contribution is -0.128. The maximum atomic E-state index is 13.1. The minimum atomic E-state index is -3.28. The molecule has 0 bridgehead atoms. The van der Waals surface area contributed by atoms with E-state index in [0.717, 1.165) is 12.8 Å². The SMILES string of the molecule is NC(=NC(=O)C(F)F)c1ccc2c(c1)C(=O)N(C1CCCCC1NC(=O)CCC(F)F)C2. The lowest BCUT2D eigenvalue weighted by Crippen LogP contribution is -2.53. The molecule has 2 unspecified atom stereocenters. The minimum absolute atomic E-state index is 0.174. The van der Waals surface area contributed by atoms with Crippen LogP contribution in [0.15, 0.2) is 23.2 Å². The van der Waals surface area contributed by atoms with Crippen LogP contribution in [0.5, 0.6) is 0 Å². The highest BCUT2D eigenvalue weighted by Crippen LogP contribution is 2.32. The maximum Gasteiger partial charge on any atom is 0.317 e. The molecule has 1 heterocycles. The number of benzene rings is 1. The molecule has 32 heavy (non-hydrogen) atoms. The average Bonchev–Trinajstić information content (AvgIpc) is 3.08. The van der Waals surface area contributed by atoms with Crippen molar-refractivity contribution in [2.24, 2.45) is 10.7 Å². The molecule has 0 radical (unpaired) electrons. The van der Waals surface area contributed by atoms with Gasteiger partial charge in [-0.1, -0.05) is 25.0 Å². The number of carbonyl (C=O) groups is 3. The van der Waals surface area contributed by atoms with Crippen molar-refractivity contribution in [2.45, 2.75) is 70.0 Å². The summed E-state index contributed by atoms with van der Waals surface area (Å²) < 4.78 is 49.6. The highest BCUT2D eigenvalue weighted by molar-refractivity contribution is 6.07. The van der Waals surface area contributed by atoms with Gasteiger partial charge in [-0.25, -0.2) is 8.78 Å². The third-order valence-corrected chi connectivity index (χ3v) is 5.72. The van der Waals surface area contributed by atoms with E-state index in [1.54, 1.807) is 11.0 Å². The largest absolute Gasteiger partial charge is 0.383 e. The smallest absolute Gasteiger partial charge is 0.317 e. The monoisotopic (exact) mass is 456 g/mol. The zero-order valence-corrected chi connectivity index (χ0v) is 17.2. The van der Waals surface area contributed by atoms with E-state index < -0.39 is 36.9 Å². The summed E-state index contributed by atoms with van der Waals surface area (Å²) in [5.74, 6) is -2.86. The normalized spacial score (nSPS) is 21.2. The summed E-state index contributed by atoms with van der Waals surface area (Å²) in [4.78, 5) is 41.1. The highest BCUT2D eigenvalue weighted by Gasteiger charge is 2.38. The molecule has 1 aliphatic heterocycles. The van der Waals surface area contributed by atoms with Gasteiger partial charge in [0.2, 0.25) is 12.3 Å². The topological polar surface area (TPSA) is 105 Å². The zero-order valence-electron chi connectivity index (χ0n) is 17.2. The molecule has 0 aromatic heterocycles. The molecule has 3 N–H and O–H groups in total. The van der Waals surface area contributed by atoms with Gasteiger partial charge < -0.3 is 16.0 Å². The number of amidine groups is 1. The van der Waals surface area contributed by atoms with Gasteiger partial charge in [0.1, 0.15) is 5.84 Å². The van der Waals surface area contributed by atoms with Crippen LogP contribution in [0.2, 0.25) is 0 Å². The fraction of sp³-hybridized carbons (Fsp3) is 0.524. The molecule has 1 fully saturated rings. The van der Waals surface area contributed by atoms with E-state index >= 15 is 0 Å². The summed E-state index contributed by atoms with van der Waals surface area (Å²) in [5, 5.41) is 2.80. The Balaban J connectivity index is 1.75. The molecule has 1 aromatic carbocycles. The van der Waals surface area contributed by atoms with Crippen molar-refractivity contribution in [1.82, 2.24) is 10.2 Å². The summed E-state index contributed by atoms with van der Waals surface area (Å²) >= 11 is 0. The van der Waals surface area contributed by atoms with E-state index in [-0.39, 0.29) is 36.5 Å². The molecule has 7 nitrogen and oxygen atoms in total. The number of nitrogens with two attached hydrogens (primary N) is 1. The predicted molar refractivity (Wildman–Crippen MR) is 107 cm³/mol. The Kier molecular flexibility index (Phi) is 7.47. The Bertz CT molecular complexity index is 922. The van der Waals surface area contributed by atoms with Crippen LogP contribution < -0.4 is 11.1 Å². The van der Waals surface area contributed by atoms with Crippen molar-refractivity contribution in [3.8, 4) is 0 Å². The van der Waals surface area contributed by atoms with Crippen molar-refractivity contribution in [1.29, 1.82) is 0 Å². The molecule has 2 aliphatic rings. The summed E-state index contributed by atoms with van der Waals surface area (Å²) in [5.41, 5.74) is 6.83. The number of rotatable bonds is 7. The molecule has 0 spiro atoms. The van der Waals surface area contributed by atoms with Gasteiger partial charge in [-0.05, 0) is 24.5 Å². The molecular formula is C21H24F4N4O3. The number of nitrogens with zero attached hydrogens (tertiary/aromatic N) is 2. The van der Waals surface area contributed by atoms with Crippen LogP contribution in [0.25, 0.3) is 0 Å². The Morgan fingerprint density at radius 1 is 1.19 bits per heavy atom. The molecule has 3 amide bonds. The van der Waals surface area contributed by atoms with Crippen molar-refractivity contribution in [3.63, 3.8) is 0 Å². The summed E-state index contributed by atoms with van der Waals surface area (Å²) in [7, 11) is 0. The predicted octanol–water partition coefficient (Wildman–Crippen LogP) is 2.61. The van der Waals surface area contributed by atoms with Gasteiger partial charge in [-0.3, -0.25) is 14.4 Å². The fourth-order valence-electron chi connectivity index (χ4n) is 4.15. The number of hydrogen-bond acceptors (Lipinski definition) is 3. The molecule has 2 atom stereocenters. The van der Waals surface area contributed by atoms with Crippen molar-refractivity contribution >= 4 is 23.6 Å². The van der Waals surface area contributed by atoms with E-state index in [4.69, 9.17) is 5.73 Å². The van der Waals surface area contributed by atoms with Gasteiger partial charge in [0.05, 0.1) is 6.04 Å². The fourth-order valence-corrected chi connectivity index (χ4v) is 4.15. The minimum Gasteiger partial charge on any atom is -0.383 e. The lowest BCUT2D eigenvalue weighted by atomic mass is 9.89. The number of alkyl halides is 4. The molecule has 0 saturated heterocycles. The first-order chi connectivity index (χ1) is 15.2. The maximum absolute atomic E-state index is 13.1. The van der Waals surface area contributed by atoms with Crippen LogP contribution in [0.1, 0.15) is 60.0 Å². The lowest BCUT2D eigenvalue weighted by Gasteiger charge is -2.38. The third-order valence-electron chi connectivity index (χ3n) is 5.72. The van der Waals surface area contributed by atoms with E-state index in [2.05, 4.69) is 10.3 Å². The number of halogens is 4. The van der Waals surface area contributed by atoms with Crippen LogP contribution >= 0.6 is 0 Å². The van der Waals surface area contributed by atoms with Gasteiger partial charge >= 0.3 is 12.3 Å². The van der Waals surface area contributed by atoms with Crippen molar-refractivity contribution in [2.75, 3.05) is 0 Å². The first-order valence-corrected chi connectivity index (χ1v) is 10.3. The Labute approximate surface area is 182 Å². The Morgan fingerprint density at radius 3 is 2.59 bits per heavy atom. The van der Waals surface area contributed by atoms with Gasteiger partial charge in [0, 0.05) is 36.6 Å². The van der Waals surface area contributed by atoms with E-state index in [1.165, 1.54) is 12.1 Å². The van der Waals surface area contributed by atoms with Gasteiger partial charge in [-0.15, -0.1) is 0 Å². The molecule has 1 saturated carbocycles. The second kappa shape index (κ2) is 10.1. The van der Waals surface area contributed by atoms with Gasteiger partial charge in [0.15, 0.2) is 0 Å². The van der Waals surface area contributed by atoms with Crippen LogP contribution in [0.4, 0.5) is 17.6 Å². The third kappa shape index (κ3) is 5.43. The molecule has 3 rings (SSSR count). The van der Waals surface area contributed by atoms with E-state index in [0.29, 0.717) is 24.0 Å². The number of fused-ring (bicyclic) bond motifs is 1. The standard InChI is InChI=1S/C21H24F4N4O3/c22-16(23)7-8-17(30)27-14-3-1-2-4-15(14)29-10-12-6-5-11(9-13(12)21(29)32)19(26)28-20(31)18(24)25/h5-6,9,14-16,18H,1-4,7-8,10H2,(H,27,30)(H2,26,28,31). The first kappa shape index (κ1) is 23.7. The summed E-state index contributed by atoms with van der Waals surface area (Å²) in [6.45, 7) is 0.287. The van der Waals surface area contributed by atoms with Crippen LogP contribution in [0.3, 0.4) is 0 Å². The van der Waals surface area contributed by atoms with Crippen LogP contribution in [0, 0.1) is 0 Å². The second-order valence-corrected chi connectivity index (χ2v) is 7.90. The van der Waals surface area contributed by atoms with Crippen molar-refractivity contribution < 1.29 is 31.9 Å². The van der Waals surface area contributed by atoms with Gasteiger partial charge in [0.25, 0.3) is 5.91 Å². The number of nitrogens with one attached hydrogen (secondary N) is 1. The van der Waals surface area contributed by atoms with E-state index in [1.807, 2.05) is 0 Å². The highest BCUT2D eigenvalue weighted by atomic mass is 19.3. The van der Waals surface area contributed by atoms with Crippen molar-refractivity contribution in [3.05, 3.63) is 34.9 Å². The van der Waals surface area contributed by atoms with E-state index in [9.17, 15) is 31.9 Å². The molecule has 11 heteroatoms. The molecule has 1 aromatic rings. The Morgan fingerprint density at radius 2 is 1.91 bits per heavy atom. The second-order valence-electron chi connectivity index (χ2n) is 7.90. The average molecular weight is 456 g/mol. The first-order valence-electron chi connectivity index (χ1n) is 10.3. The molecular weight excluding hydrogens is 432 g/mol. The van der Waals surface area contributed by atoms with Crippen LogP contribution in [-0.2, 0) is 16.1 Å². The summed E-state index contributed by atoms with van der Waals surface area (Å²) in [6.07, 6.45) is -3.65. The quantitative estimate of drug-likeness (QED) is 0.374. The summed E-state index contributed by atoms with van der Waals surface area (Å²) in [6, 6.07) is 3.89. The Hall–Kier alpha value is -2.98. The number of amides is 3. The molecule has 174 valence electrons. The van der Waals surface area contributed by atoms with Crippen LogP contribution in [-0.4, -0.2) is 53.4 Å². The number of hydrogen-bond donors (Lipinski definition) is 2. The number of carbonyl (C=O) groups excluding carboxylic acids is 3. The zero-order chi connectivity index (χ0) is 23.4.